The highest BCUT2D eigenvalue weighted by Gasteiger charge is 2.24. The van der Waals surface area contributed by atoms with Crippen molar-refractivity contribution in [2.75, 3.05) is 0 Å². The molecule has 0 spiro atoms. The van der Waals surface area contributed by atoms with E-state index >= 15 is 0 Å². The summed E-state index contributed by atoms with van der Waals surface area (Å²) in [5.41, 5.74) is 1.11. The normalized spacial score (nSPS) is 12.2. The lowest BCUT2D eigenvalue weighted by atomic mass is 10.0. The molecule has 23 heavy (non-hydrogen) atoms. The van der Waals surface area contributed by atoms with Crippen molar-refractivity contribution in [2.45, 2.75) is 25.9 Å². The van der Waals surface area contributed by atoms with Crippen LogP contribution in [0.4, 0.5) is 8.78 Å². The number of carboxylic acid groups (broad SMARTS) is 1. The van der Waals surface area contributed by atoms with E-state index in [0.29, 0.717) is 5.56 Å². The first-order valence-electron chi connectivity index (χ1n) is 6.78. The molecule has 122 valence electrons. The Morgan fingerprint density at radius 3 is 2.70 bits per heavy atom. The van der Waals surface area contributed by atoms with Gasteiger partial charge in [0, 0.05) is 6.20 Å². The molecule has 6 nitrogen and oxygen atoms in total. The van der Waals surface area contributed by atoms with Crippen molar-refractivity contribution >= 4 is 11.9 Å². The quantitative estimate of drug-likeness (QED) is 0.852. The maximum atomic E-state index is 12.5. The number of amides is 1. The van der Waals surface area contributed by atoms with E-state index in [2.05, 4.69) is 10.4 Å². The number of rotatable bonds is 6. The molecule has 1 heterocycles. The van der Waals surface area contributed by atoms with Crippen molar-refractivity contribution in [3.63, 3.8) is 0 Å². The van der Waals surface area contributed by atoms with Crippen LogP contribution >= 0.6 is 0 Å². The highest BCUT2D eigenvalue weighted by Crippen LogP contribution is 2.16. The summed E-state index contributed by atoms with van der Waals surface area (Å²) < 4.78 is 25.8. The molecule has 1 atom stereocenters. The third-order valence-electron chi connectivity index (χ3n) is 3.16. The van der Waals surface area contributed by atoms with Crippen LogP contribution in [0.2, 0.25) is 0 Å². The molecule has 8 heteroatoms. The van der Waals surface area contributed by atoms with E-state index in [0.717, 1.165) is 10.2 Å². The van der Waals surface area contributed by atoms with E-state index in [4.69, 9.17) is 0 Å². The molecule has 0 aliphatic carbocycles. The maximum Gasteiger partial charge on any atom is 0.330 e. The van der Waals surface area contributed by atoms with Gasteiger partial charge in [0.25, 0.3) is 12.3 Å². The van der Waals surface area contributed by atoms with Crippen LogP contribution in [0.25, 0.3) is 0 Å². The van der Waals surface area contributed by atoms with Crippen molar-refractivity contribution in [3.05, 3.63) is 53.3 Å². The Bertz CT molecular complexity index is 715. The molecular formula is C15H15F2N3O3. The number of aliphatic carboxylic acids is 1. The van der Waals surface area contributed by atoms with E-state index in [1.807, 2.05) is 0 Å². The van der Waals surface area contributed by atoms with Gasteiger partial charge in [-0.2, -0.15) is 5.10 Å². The fraction of sp³-hybridized carbons (Fsp3) is 0.267. The summed E-state index contributed by atoms with van der Waals surface area (Å²) in [7, 11) is 0. The summed E-state index contributed by atoms with van der Waals surface area (Å²) >= 11 is 0. The van der Waals surface area contributed by atoms with E-state index in [1.165, 1.54) is 12.3 Å². The van der Waals surface area contributed by atoms with E-state index < -0.39 is 30.9 Å². The SMILES string of the molecule is Cc1cccc(C(NC(=O)c2ccnn2CC(F)F)C(=O)O)c1. The van der Waals surface area contributed by atoms with Crippen molar-refractivity contribution in [1.82, 2.24) is 15.1 Å². The smallest absolute Gasteiger partial charge is 0.330 e. The summed E-state index contributed by atoms with van der Waals surface area (Å²) in [6, 6.07) is 6.65. The van der Waals surface area contributed by atoms with Crippen molar-refractivity contribution < 1.29 is 23.5 Å². The fourth-order valence-electron chi connectivity index (χ4n) is 2.14. The molecule has 0 saturated heterocycles. The zero-order valence-electron chi connectivity index (χ0n) is 12.2. The summed E-state index contributed by atoms with van der Waals surface area (Å²) in [4.78, 5) is 23.6. The minimum Gasteiger partial charge on any atom is -0.479 e. The number of carbonyl (C=O) groups excluding carboxylic acids is 1. The van der Waals surface area contributed by atoms with Crippen LogP contribution < -0.4 is 5.32 Å². The average molecular weight is 323 g/mol. The Labute approximate surface area is 130 Å². The Hall–Kier alpha value is -2.77. The second kappa shape index (κ2) is 6.99. The summed E-state index contributed by atoms with van der Waals surface area (Å²) in [5, 5.41) is 15.3. The number of benzene rings is 1. The maximum absolute atomic E-state index is 12.5. The molecule has 2 N–H and O–H groups in total. The minimum atomic E-state index is -2.67. The largest absolute Gasteiger partial charge is 0.479 e. The number of aromatic nitrogens is 2. The number of hydrogen-bond acceptors (Lipinski definition) is 3. The number of aryl methyl sites for hydroxylation is 1. The van der Waals surface area contributed by atoms with E-state index in [-0.39, 0.29) is 5.69 Å². The Kier molecular flexibility index (Phi) is 5.05. The molecule has 0 saturated carbocycles. The monoisotopic (exact) mass is 323 g/mol. The van der Waals surface area contributed by atoms with Gasteiger partial charge in [-0.25, -0.2) is 13.6 Å². The van der Waals surface area contributed by atoms with Gasteiger partial charge in [-0.1, -0.05) is 29.8 Å². The topological polar surface area (TPSA) is 84.2 Å². The number of nitrogens with zero attached hydrogens (tertiary/aromatic N) is 2. The Morgan fingerprint density at radius 1 is 1.35 bits per heavy atom. The van der Waals surface area contributed by atoms with E-state index in [9.17, 15) is 23.5 Å². The van der Waals surface area contributed by atoms with Crippen molar-refractivity contribution in [2.24, 2.45) is 0 Å². The molecule has 0 fully saturated rings. The molecule has 0 aliphatic rings. The number of carbonyl (C=O) groups is 2. The number of nitrogens with one attached hydrogen (secondary N) is 1. The molecule has 1 aromatic carbocycles. The second-order valence-electron chi connectivity index (χ2n) is 4.95. The van der Waals surface area contributed by atoms with Crippen LogP contribution in [0.3, 0.4) is 0 Å². The first kappa shape index (κ1) is 16.6. The lowest BCUT2D eigenvalue weighted by Gasteiger charge is -2.16. The molecular weight excluding hydrogens is 308 g/mol. The fourth-order valence-corrected chi connectivity index (χ4v) is 2.14. The van der Waals surface area contributed by atoms with Gasteiger partial charge < -0.3 is 10.4 Å². The molecule has 2 aromatic rings. The Balaban J connectivity index is 2.22. The van der Waals surface area contributed by atoms with Crippen molar-refractivity contribution in [1.29, 1.82) is 0 Å². The number of halogens is 2. The lowest BCUT2D eigenvalue weighted by molar-refractivity contribution is -0.139. The molecule has 0 bridgehead atoms. The van der Waals surface area contributed by atoms with Crippen LogP contribution in [0.5, 0.6) is 0 Å². The minimum absolute atomic E-state index is 0.121. The van der Waals surface area contributed by atoms with Gasteiger partial charge in [0.05, 0.1) is 0 Å². The average Bonchev–Trinajstić information content (AvgIpc) is 2.91. The number of carboxylic acids is 1. The van der Waals surface area contributed by atoms with Gasteiger partial charge in [0.2, 0.25) is 0 Å². The van der Waals surface area contributed by atoms with Gasteiger partial charge in [-0.3, -0.25) is 9.48 Å². The third kappa shape index (κ3) is 4.12. The number of alkyl halides is 2. The van der Waals surface area contributed by atoms with Gasteiger partial charge >= 0.3 is 5.97 Å². The molecule has 0 radical (unpaired) electrons. The van der Waals surface area contributed by atoms with Gasteiger partial charge in [-0.05, 0) is 18.6 Å². The summed E-state index contributed by atoms with van der Waals surface area (Å²) in [6.07, 6.45) is -1.46. The van der Waals surface area contributed by atoms with Crippen LogP contribution in [0.1, 0.15) is 27.7 Å². The number of hydrogen-bond donors (Lipinski definition) is 2. The van der Waals surface area contributed by atoms with Crippen LogP contribution in [-0.4, -0.2) is 33.2 Å². The molecule has 1 amide bonds. The standard InChI is InChI=1S/C15H15F2N3O3/c1-9-3-2-4-10(7-9)13(15(22)23)19-14(21)11-5-6-18-20(11)8-12(16)17/h2-7,12-13H,8H2,1H3,(H,19,21)(H,22,23). The zero-order chi connectivity index (χ0) is 17.0. The van der Waals surface area contributed by atoms with Gasteiger partial charge in [0.15, 0.2) is 6.04 Å². The summed E-state index contributed by atoms with van der Waals surface area (Å²) in [6.45, 7) is 1.06. The highest BCUT2D eigenvalue weighted by molar-refractivity contribution is 5.95. The van der Waals surface area contributed by atoms with Crippen molar-refractivity contribution in [3.8, 4) is 0 Å². The molecule has 2 rings (SSSR count). The van der Waals surface area contributed by atoms with Gasteiger partial charge in [-0.15, -0.1) is 0 Å². The first-order chi connectivity index (χ1) is 10.9. The third-order valence-corrected chi connectivity index (χ3v) is 3.16. The molecule has 0 aliphatic heterocycles. The first-order valence-corrected chi connectivity index (χ1v) is 6.78. The Morgan fingerprint density at radius 2 is 2.09 bits per heavy atom. The van der Waals surface area contributed by atoms with Crippen LogP contribution in [-0.2, 0) is 11.3 Å². The van der Waals surface area contributed by atoms with Gasteiger partial charge in [0.1, 0.15) is 12.2 Å². The predicted molar refractivity (Wildman–Crippen MR) is 77.3 cm³/mol. The summed E-state index contributed by atoms with van der Waals surface area (Å²) in [5.74, 6) is -2.03. The molecule has 1 aromatic heterocycles. The highest BCUT2D eigenvalue weighted by atomic mass is 19.3. The second-order valence-corrected chi connectivity index (χ2v) is 4.95. The van der Waals surface area contributed by atoms with Crippen LogP contribution in [0, 0.1) is 6.92 Å². The van der Waals surface area contributed by atoms with Crippen LogP contribution in [0.15, 0.2) is 36.5 Å². The predicted octanol–water partition coefficient (Wildman–Crippen LogP) is 2.01. The lowest BCUT2D eigenvalue weighted by Crippen LogP contribution is -2.35. The zero-order valence-corrected chi connectivity index (χ0v) is 12.2. The molecule has 1 unspecified atom stereocenters. The van der Waals surface area contributed by atoms with E-state index in [1.54, 1.807) is 31.2 Å².